The van der Waals surface area contributed by atoms with Gasteiger partial charge in [-0.1, -0.05) is 20.3 Å². The molecule has 3 heteroatoms. The van der Waals surface area contributed by atoms with E-state index in [1.807, 2.05) is 0 Å². The Kier molecular flexibility index (Phi) is 7.09. The highest BCUT2D eigenvalue weighted by atomic mass is 16.5. The third-order valence-corrected chi connectivity index (χ3v) is 3.56. The number of rotatable bonds is 7. The summed E-state index contributed by atoms with van der Waals surface area (Å²) in [6.07, 6.45) is 4.01. The summed E-state index contributed by atoms with van der Waals surface area (Å²) in [5.74, 6) is 0. The number of nitrogens with zero attached hydrogens (tertiary/aromatic N) is 1. The lowest BCUT2D eigenvalue weighted by Crippen LogP contribution is -2.53. The van der Waals surface area contributed by atoms with Crippen LogP contribution in [0.2, 0.25) is 0 Å². The number of ether oxygens (including phenoxy) is 1. The first-order valence-electron chi connectivity index (χ1n) is 7.28. The maximum atomic E-state index is 5.97. The molecular formula is C14H30N2O. The summed E-state index contributed by atoms with van der Waals surface area (Å²) >= 11 is 0. The first-order chi connectivity index (χ1) is 8.19. The summed E-state index contributed by atoms with van der Waals surface area (Å²) in [4.78, 5) is 2.53. The molecule has 0 aromatic rings. The smallest absolute Gasteiger partial charge is 0.0855 e. The lowest BCUT2D eigenvalue weighted by Gasteiger charge is -2.39. The Labute approximate surface area is 107 Å². The number of morpholine rings is 1. The molecule has 0 saturated carbocycles. The zero-order valence-corrected chi connectivity index (χ0v) is 12.0. The van der Waals surface area contributed by atoms with Crippen LogP contribution in [0.15, 0.2) is 0 Å². The van der Waals surface area contributed by atoms with Crippen LogP contribution in [0, 0.1) is 0 Å². The molecule has 0 aliphatic carbocycles. The van der Waals surface area contributed by atoms with E-state index >= 15 is 0 Å². The molecule has 1 fully saturated rings. The molecule has 1 heterocycles. The van der Waals surface area contributed by atoms with Gasteiger partial charge in [0, 0.05) is 25.2 Å². The minimum atomic E-state index is 0.373. The van der Waals surface area contributed by atoms with Crippen LogP contribution in [0.5, 0.6) is 0 Å². The van der Waals surface area contributed by atoms with Crippen LogP contribution in [0.25, 0.3) is 0 Å². The van der Waals surface area contributed by atoms with Crippen molar-refractivity contribution in [1.82, 2.24) is 10.2 Å². The molecule has 1 aliphatic rings. The standard InChI is InChI=1S/C14H30N2O/c1-5-7-13(15-8-6-2)14-11-16(12(3)4)9-10-17-14/h12-15H,5-11H2,1-4H3. The van der Waals surface area contributed by atoms with Crippen molar-refractivity contribution in [2.75, 3.05) is 26.2 Å². The van der Waals surface area contributed by atoms with E-state index in [1.54, 1.807) is 0 Å². The molecule has 0 aromatic carbocycles. The largest absolute Gasteiger partial charge is 0.374 e. The summed E-state index contributed by atoms with van der Waals surface area (Å²) in [5, 5.41) is 3.65. The van der Waals surface area contributed by atoms with Crippen molar-refractivity contribution < 1.29 is 4.74 Å². The molecule has 0 spiro atoms. The van der Waals surface area contributed by atoms with Gasteiger partial charge in [0.2, 0.25) is 0 Å². The molecule has 3 nitrogen and oxygen atoms in total. The Balaban J connectivity index is 2.47. The maximum Gasteiger partial charge on any atom is 0.0855 e. The van der Waals surface area contributed by atoms with Crippen LogP contribution in [-0.2, 0) is 4.74 Å². The topological polar surface area (TPSA) is 24.5 Å². The first kappa shape index (κ1) is 14.9. The summed E-state index contributed by atoms with van der Waals surface area (Å²) in [6, 6.07) is 1.16. The highest BCUT2D eigenvalue weighted by Gasteiger charge is 2.28. The molecule has 0 bridgehead atoms. The molecule has 2 unspecified atom stereocenters. The van der Waals surface area contributed by atoms with Crippen LogP contribution < -0.4 is 5.32 Å². The summed E-state index contributed by atoms with van der Waals surface area (Å²) in [6.45, 7) is 13.2. The quantitative estimate of drug-likeness (QED) is 0.741. The fourth-order valence-corrected chi connectivity index (χ4v) is 2.47. The monoisotopic (exact) mass is 242 g/mol. The molecule has 0 radical (unpaired) electrons. The van der Waals surface area contributed by atoms with Crippen LogP contribution in [-0.4, -0.2) is 49.3 Å². The average molecular weight is 242 g/mol. The molecule has 17 heavy (non-hydrogen) atoms. The zero-order valence-electron chi connectivity index (χ0n) is 12.0. The molecule has 0 amide bonds. The van der Waals surface area contributed by atoms with E-state index < -0.39 is 0 Å². The van der Waals surface area contributed by atoms with Crippen LogP contribution in [0.3, 0.4) is 0 Å². The lowest BCUT2D eigenvalue weighted by molar-refractivity contribution is -0.0565. The fourth-order valence-electron chi connectivity index (χ4n) is 2.47. The first-order valence-corrected chi connectivity index (χ1v) is 7.28. The Hall–Kier alpha value is -0.120. The SMILES string of the molecule is CCCNC(CCC)C1CN(C(C)C)CCO1. The van der Waals surface area contributed by atoms with Crippen molar-refractivity contribution in [3.63, 3.8) is 0 Å². The lowest BCUT2D eigenvalue weighted by atomic mass is 10.0. The average Bonchev–Trinajstić information content (AvgIpc) is 2.34. The van der Waals surface area contributed by atoms with Gasteiger partial charge in [0.15, 0.2) is 0 Å². The summed E-state index contributed by atoms with van der Waals surface area (Å²) < 4.78 is 5.97. The molecule has 1 rings (SSSR count). The van der Waals surface area contributed by atoms with E-state index in [4.69, 9.17) is 4.74 Å². The summed E-state index contributed by atoms with van der Waals surface area (Å²) in [5.41, 5.74) is 0. The van der Waals surface area contributed by atoms with Gasteiger partial charge in [0.05, 0.1) is 12.7 Å². The molecule has 1 saturated heterocycles. The Morgan fingerprint density at radius 3 is 2.65 bits per heavy atom. The van der Waals surface area contributed by atoms with Crippen molar-refractivity contribution in [1.29, 1.82) is 0 Å². The van der Waals surface area contributed by atoms with Crippen molar-refractivity contribution in [2.24, 2.45) is 0 Å². The number of hydrogen-bond acceptors (Lipinski definition) is 3. The van der Waals surface area contributed by atoms with Gasteiger partial charge in [-0.05, 0) is 33.2 Å². The van der Waals surface area contributed by atoms with Crippen molar-refractivity contribution in [3.05, 3.63) is 0 Å². The van der Waals surface area contributed by atoms with Gasteiger partial charge in [-0.3, -0.25) is 4.90 Å². The van der Waals surface area contributed by atoms with Crippen LogP contribution >= 0.6 is 0 Å². The van der Waals surface area contributed by atoms with Crippen molar-refractivity contribution in [2.45, 2.75) is 65.1 Å². The van der Waals surface area contributed by atoms with Crippen molar-refractivity contribution >= 4 is 0 Å². The highest BCUT2D eigenvalue weighted by Crippen LogP contribution is 2.14. The number of hydrogen-bond donors (Lipinski definition) is 1. The Morgan fingerprint density at radius 2 is 2.06 bits per heavy atom. The molecule has 1 N–H and O–H groups in total. The molecule has 0 aromatic heterocycles. The highest BCUT2D eigenvalue weighted by molar-refractivity contribution is 4.83. The normalized spacial score (nSPS) is 24.2. The second-order valence-corrected chi connectivity index (χ2v) is 5.35. The summed E-state index contributed by atoms with van der Waals surface area (Å²) in [7, 11) is 0. The Morgan fingerprint density at radius 1 is 1.29 bits per heavy atom. The van der Waals surface area contributed by atoms with Gasteiger partial charge < -0.3 is 10.1 Å². The minimum Gasteiger partial charge on any atom is -0.374 e. The van der Waals surface area contributed by atoms with E-state index in [9.17, 15) is 0 Å². The maximum absolute atomic E-state index is 5.97. The van der Waals surface area contributed by atoms with Gasteiger partial charge in [-0.25, -0.2) is 0 Å². The fraction of sp³-hybridized carbons (Fsp3) is 1.00. The van der Waals surface area contributed by atoms with Gasteiger partial charge in [0.1, 0.15) is 0 Å². The third-order valence-electron chi connectivity index (χ3n) is 3.56. The van der Waals surface area contributed by atoms with Crippen LogP contribution in [0.1, 0.15) is 47.0 Å². The Bertz CT molecular complexity index is 197. The van der Waals surface area contributed by atoms with E-state index in [0.717, 1.165) is 26.2 Å². The van der Waals surface area contributed by atoms with Gasteiger partial charge in [-0.2, -0.15) is 0 Å². The molecule has 1 aliphatic heterocycles. The second-order valence-electron chi connectivity index (χ2n) is 5.35. The van der Waals surface area contributed by atoms with Gasteiger partial charge in [-0.15, -0.1) is 0 Å². The van der Waals surface area contributed by atoms with Crippen molar-refractivity contribution in [3.8, 4) is 0 Å². The second kappa shape index (κ2) is 8.06. The predicted molar refractivity (Wildman–Crippen MR) is 73.4 cm³/mol. The van der Waals surface area contributed by atoms with E-state index in [-0.39, 0.29) is 0 Å². The molecule has 2 atom stereocenters. The number of nitrogens with one attached hydrogen (secondary N) is 1. The molecule has 102 valence electrons. The predicted octanol–water partition coefficient (Wildman–Crippen LogP) is 2.26. The van der Waals surface area contributed by atoms with E-state index in [2.05, 4.69) is 37.9 Å². The van der Waals surface area contributed by atoms with Crippen LogP contribution in [0.4, 0.5) is 0 Å². The van der Waals surface area contributed by atoms with Gasteiger partial charge >= 0.3 is 0 Å². The minimum absolute atomic E-state index is 0.373. The third kappa shape index (κ3) is 4.94. The van der Waals surface area contributed by atoms with E-state index in [1.165, 1.54) is 19.3 Å². The zero-order chi connectivity index (χ0) is 12.7. The van der Waals surface area contributed by atoms with Gasteiger partial charge in [0.25, 0.3) is 0 Å². The van der Waals surface area contributed by atoms with E-state index in [0.29, 0.717) is 18.2 Å². The molecular weight excluding hydrogens is 212 g/mol.